The number of quaternary nitrogens is 1. The summed E-state index contributed by atoms with van der Waals surface area (Å²) >= 11 is 0. The summed E-state index contributed by atoms with van der Waals surface area (Å²) < 4.78 is 30.2. The Morgan fingerprint density at radius 2 is 0.867 bits per heavy atom. The van der Waals surface area contributed by atoms with Crippen LogP contribution in [0.2, 0.25) is 0 Å². The highest BCUT2D eigenvalue weighted by Crippen LogP contribution is 2.38. The molecule has 0 spiro atoms. The first-order chi connectivity index (χ1) is 36.4. The Labute approximate surface area is 462 Å². The third-order valence-corrected chi connectivity index (χ3v) is 14.0. The normalized spacial score (nSPS) is 14.4. The Balaban J connectivity index is 5.34. The summed E-state index contributed by atoms with van der Waals surface area (Å²) in [6.45, 7) is 6.64. The Bertz CT molecular complexity index is 1610. The molecule has 0 aromatic carbocycles. The molecule has 3 unspecified atom stereocenters. The number of hydrogen-bond donors (Lipinski definition) is 1. The van der Waals surface area contributed by atoms with E-state index in [-0.39, 0.29) is 31.3 Å². The number of rotatable bonds is 54. The molecule has 0 radical (unpaired) electrons. The van der Waals surface area contributed by atoms with Gasteiger partial charge in [-0.1, -0.05) is 240 Å². The fourth-order valence-electron chi connectivity index (χ4n) is 8.30. The second-order valence-corrected chi connectivity index (χ2v) is 22.9. The number of nitrogens with zero attached hydrogens (tertiary/aromatic N) is 1. The van der Waals surface area contributed by atoms with Gasteiger partial charge in [0.15, 0.2) is 0 Å². The number of unbranched alkanes of at least 4 members (excludes halogenated alkanes) is 24. The van der Waals surface area contributed by atoms with Gasteiger partial charge in [-0.15, -0.1) is 0 Å². The van der Waals surface area contributed by atoms with E-state index in [2.05, 4.69) is 99.0 Å². The lowest BCUT2D eigenvalue weighted by Gasteiger charge is -2.30. The van der Waals surface area contributed by atoms with Crippen molar-refractivity contribution in [2.45, 2.75) is 264 Å². The SMILES string of the molecule is CC/C=C/C/C=C/C/C=C/C/C=C/C/C=C/CCC(=O)NC(COP(=O)([O-])OCC[N+](C)(C)C)C(/C=C/CCCCCCCCCCCC)OC(=O)CCCCCCCCCCCCC/C=C\C/C=C\CCCCC. The number of ether oxygens (including phenoxy) is 1. The highest BCUT2D eigenvalue weighted by Gasteiger charge is 2.27. The standard InChI is InChI=1S/C65H115N2O7P/c1-7-10-13-16-19-22-25-28-30-32-33-34-35-36-38-40-43-46-49-52-55-58-65(69)74-63(56-53-50-47-44-41-27-24-21-18-15-12-9-3)62(61-73-75(70,71)72-60-59-67(4,5)6)66-64(68)57-54-51-48-45-42-39-37-31-29-26-23-20-17-14-11-8-2/h11,14,19-20,22-23,28-31,39,42,48,51,53,56,62-63H,7-10,12-13,15-18,21,24-27,32-38,40-41,43-47,49-50,52,54-55,57-61H2,1-6H3,(H-,66,68,70,71)/b14-11+,22-19-,23-20+,30-28-,31-29+,42-39+,51-48+,56-53+. The molecule has 0 fully saturated rings. The average molecular weight is 1070 g/mol. The van der Waals surface area contributed by atoms with Crippen molar-refractivity contribution in [3.05, 3.63) is 97.2 Å². The molecule has 10 heteroatoms. The minimum absolute atomic E-state index is 0.0397. The second kappa shape index (κ2) is 54.3. The molecule has 0 aromatic rings. The molecule has 432 valence electrons. The zero-order chi connectivity index (χ0) is 55.0. The van der Waals surface area contributed by atoms with E-state index in [0.29, 0.717) is 23.9 Å². The highest BCUT2D eigenvalue weighted by atomic mass is 31.2. The van der Waals surface area contributed by atoms with Crippen LogP contribution in [0.15, 0.2) is 97.2 Å². The van der Waals surface area contributed by atoms with E-state index in [1.54, 1.807) is 0 Å². The van der Waals surface area contributed by atoms with Crippen LogP contribution < -0.4 is 10.2 Å². The number of nitrogens with one attached hydrogen (secondary N) is 1. The maximum atomic E-state index is 13.5. The van der Waals surface area contributed by atoms with Crippen LogP contribution in [-0.4, -0.2) is 69.4 Å². The van der Waals surface area contributed by atoms with Crippen LogP contribution in [0.25, 0.3) is 0 Å². The van der Waals surface area contributed by atoms with Gasteiger partial charge in [0.2, 0.25) is 5.91 Å². The molecule has 0 aromatic heterocycles. The number of likely N-dealkylation sites (N-methyl/N-ethyl adjacent to an activating group) is 1. The predicted octanol–water partition coefficient (Wildman–Crippen LogP) is 18.1. The summed E-state index contributed by atoms with van der Waals surface area (Å²) in [5, 5.41) is 2.97. The maximum absolute atomic E-state index is 13.5. The topological polar surface area (TPSA) is 114 Å². The van der Waals surface area contributed by atoms with Gasteiger partial charge in [-0.25, -0.2) is 0 Å². The number of allylic oxidation sites excluding steroid dienone is 15. The maximum Gasteiger partial charge on any atom is 0.306 e. The first-order valence-electron chi connectivity index (χ1n) is 30.5. The highest BCUT2D eigenvalue weighted by molar-refractivity contribution is 7.45. The fourth-order valence-corrected chi connectivity index (χ4v) is 9.03. The Morgan fingerprint density at radius 1 is 0.480 bits per heavy atom. The van der Waals surface area contributed by atoms with Gasteiger partial charge in [-0.05, 0) is 96.0 Å². The first-order valence-corrected chi connectivity index (χ1v) is 32.0. The molecular weight excluding hydrogens is 952 g/mol. The molecular formula is C65H115N2O7P. The van der Waals surface area contributed by atoms with Crippen LogP contribution in [-0.2, 0) is 27.9 Å². The summed E-state index contributed by atoms with van der Waals surface area (Å²) in [7, 11) is 1.13. The third-order valence-electron chi connectivity index (χ3n) is 13.0. The smallest absolute Gasteiger partial charge is 0.306 e. The zero-order valence-electron chi connectivity index (χ0n) is 49.2. The average Bonchev–Trinajstić information content (AvgIpc) is 3.37. The number of amides is 1. The lowest BCUT2D eigenvalue weighted by Crippen LogP contribution is -2.47. The summed E-state index contributed by atoms with van der Waals surface area (Å²) in [5.74, 6) is -0.642. The van der Waals surface area contributed by atoms with Gasteiger partial charge in [0.1, 0.15) is 19.3 Å². The molecule has 0 aliphatic heterocycles. The molecule has 0 aliphatic rings. The molecule has 0 heterocycles. The van der Waals surface area contributed by atoms with E-state index in [1.807, 2.05) is 45.4 Å². The van der Waals surface area contributed by atoms with Gasteiger partial charge >= 0.3 is 5.97 Å². The Hall–Kier alpha value is -3.07. The summed E-state index contributed by atoms with van der Waals surface area (Å²) in [5.41, 5.74) is 0. The van der Waals surface area contributed by atoms with Crippen molar-refractivity contribution in [2.24, 2.45) is 0 Å². The van der Waals surface area contributed by atoms with Crippen molar-refractivity contribution < 1.29 is 37.3 Å². The quantitative estimate of drug-likeness (QED) is 0.0212. The number of esters is 1. The number of phosphoric ester groups is 1. The van der Waals surface area contributed by atoms with Crippen LogP contribution in [0.1, 0.15) is 252 Å². The van der Waals surface area contributed by atoms with E-state index < -0.39 is 26.6 Å². The lowest BCUT2D eigenvalue weighted by atomic mass is 10.0. The monoisotopic (exact) mass is 1070 g/mol. The van der Waals surface area contributed by atoms with Crippen molar-refractivity contribution >= 4 is 19.7 Å². The molecule has 75 heavy (non-hydrogen) atoms. The van der Waals surface area contributed by atoms with Crippen LogP contribution in [0, 0.1) is 0 Å². The van der Waals surface area contributed by atoms with Gasteiger partial charge in [0, 0.05) is 12.8 Å². The minimum Gasteiger partial charge on any atom is -0.756 e. The number of phosphoric acid groups is 1. The van der Waals surface area contributed by atoms with Crippen LogP contribution in [0.3, 0.4) is 0 Å². The first kappa shape index (κ1) is 71.9. The van der Waals surface area contributed by atoms with E-state index in [9.17, 15) is 19.0 Å². The molecule has 0 rings (SSSR count). The molecule has 3 atom stereocenters. The van der Waals surface area contributed by atoms with E-state index in [4.69, 9.17) is 13.8 Å². The molecule has 1 amide bonds. The van der Waals surface area contributed by atoms with Crippen LogP contribution in [0.5, 0.6) is 0 Å². The molecule has 9 nitrogen and oxygen atoms in total. The zero-order valence-corrected chi connectivity index (χ0v) is 50.1. The number of carbonyl (C=O) groups is 2. The van der Waals surface area contributed by atoms with Crippen molar-refractivity contribution in [3.63, 3.8) is 0 Å². The van der Waals surface area contributed by atoms with Gasteiger partial charge in [-0.2, -0.15) is 0 Å². The van der Waals surface area contributed by atoms with Crippen molar-refractivity contribution in [2.75, 3.05) is 40.9 Å². The van der Waals surface area contributed by atoms with Crippen LogP contribution in [0.4, 0.5) is 0 Å². The largest absolute Gasteiger partial charge is 0.756 e. The second-order valence-electron chi connectivity index (χ2n) is 21.5. The minimum atomic E-state index is -4.72. The molecule has 1 N–H and O–H groups in total. The summed E-state index contributed by atoms with van der Waals surface area (Å²) in [6, 6.07) is -0.933. The fraction of sp³-hybridized carbons (Fsp3) is 0.723. The van der Waals surface area contributed by atoms with Gasteiger partial charge < -0.3 is 28.5 Å². The van der Waals surface area contributed by atoms with E-state index >= 15 is 0 Å². The third kappa shape index (κ3) is 55.5. The van der Waals surface area contributed by atoms with Gasteiger partial charge in [0.25, 0.3) is 7.82 Å². The Kier molecular flexibility index (Phi) is 52.1. The van der Waals surface area contributed by atoms with Crippen molar-refractivity contribution in [1.29, 1.82) is 0 Å². The number of carbonyl (C=O) groups excluding carboxylic acids is 2. The van der Waals surface area contributed by atoms with Crippen LogP contribution >= 0.6 is 7.82 Å². The Morgan fingerprint density at radius 3 is 1.33 bits per heavy atom. The van der Waals surface area contributed by atoms with Gasteiger partial charge in [0.05, 0.1) is 33.8 Å². The van der Waals surface area contributed by atoms with Crippen molar-refractivity contribution in [3.8, 4) is 0 Å². The van der Waals surface area contributed by atoms with E-state index in [1.165, 1.54) is 128 Å². The molecule has 0 saturated heterocycles. The summed E-state index contributed by atoms with van der Waals surface area (Å²) in [6.07, 6.45) is 72.5. The number of hydrogen-bond acceptors (Lipinski definition) is 7. The predicted molar refractivity (Wildman–Crippen MR) is 321 cm³/mol. The molecule has 0 aliphatic carbocycles. The summed E-state index contributed by atoms with van der Waals surface area (Å²) in [4.78, 5) is 39.9. The lowest BCUT2D eigenvalue weighted by molar-refractivity contribution is -0.870. The van der Waals surface area contributed by atoms with E-state index in [0.717, 1.165) is 77.0 Å². The molecule has 0 saturated carbocycles. The molecule has 0 bridgehead atoms. The van der Waals surface area contributed by atoms with Gasteiger partial charge in [-0.3, -0.25) is 14.2 Å². The van der Waals surface area contributed by atoms with Crippen molar-refractivity contribution in [1.82, 2.24) is 5.32 Å².